The van der Waals surface area contributed by atoms with E-state index in [-0.39, 0.29) is 21.9 Å². The van der Waals surface area contributed by atoms with Crippen LogP contribution in [0.4, 0.5) is 22.7 Å². The Balaban J connectivity index is 1.44. The van der Waals surface area contributed by atoms with Gasteiger partial charge in [0.2, 0.25) is 0 Å². The minimum Gasteiger partial charge on any atom is -0.335 e. The van der Waals surface area contributed by atoms with Gasteiger partial charge in [0.1, 0.15) is 0 Å². The Morgan fingerprint density at radius 3 is 1.72 bits per heavy atom. The summed E-state index contributed by atoms with van der Waals surface area (Å²) >= 11 is 0. The summed E-state index contributed by atoms with van der Waals surface area (Å²) in [5.41, 5.74) is 18.1. The van der Waals surface area contributed by atoms with Gasteiger partial charge in [0, 0.05) is 33.6 Å². The molecule has 3 heteroatoms. The lowest BCUT2D eigenvalue weighted by atomic mass is 9.33. The number of rotatable bonds is 4. The molecule has 222 valence electrons. The van der Waals surface area contributed by atoms with Crippen LogP contribution in [0.2, 0.25) is 0 Å². The van der Waals surface area contributed by atoms with Crippen molar-refractivity contribution in [2.75, 3.05) is 9.80 Å². The van der Waals surface area contributed by atoms with Crippen molar-refractivity contribution >= 4 is 45.9 Å². The van der Waals surface area contributed by atoms with E-state index in [9.17, 15) is 0 Å². The minimum atomic E-state index is 0.158. The van der Waals surface area contributed by atoms with Crippen molar-refractivity contribution in [1.82, 2.24) is 0 Å². The van der Waals surface area contributed by atoms with Crippen LogP contribution in [0.5, 0.6) is 0 Å². The number of hydrogen-bond donors (Lipinski definition) is 0. The van der Waals surface area contributed by atoms with Crippen LogP contribution < -0.4 is 26.2 Å². The molecular formula is C40H49BN2. The highest BCUT2D eigenvalue weighted by atomic mass is 15.3. The van der Waals surface area contributed by atoms with Crippen molar-refractivity contribution < 1.29 is 0 Å². The third-order valence-electron chi connectivity index (χ3n) is 14.4. The number of aryl methyl sites for hydroxylation is 2. The van der Waals surface area contributed by atoms with Crippen LogP contribution >= 0.6 is 0 Å². The summed E-state index contributed by atoms with van der Waals surface area (Å²) in [5, 5.41) is 0. The number of nitrogens with zero attached hydrogens (tertiary/aromatic N) is 2. The average molecular weight is 569 g/mol. The summed E-state index contributed by atoms with van der Waals surface area (Å²) in [6.45, 7) is 15.1. The third-order valence-corrected chi connectivity index (χ3v) is 14.4. The van der Waals surface area contributed by atoms with E-state index in [0.717, 1.165) is 0 Å². The first-order valence-electron chi connectivity index (χ1n) is 17.9. The fourth-order valence-electron chi connectivity index (χ4n) is 12.9. The maximum Gasteiger partial charge on any atom is 0.252 e. The molecule has 6 aliphatic rings. The molecule has 2 saturated carbocycles. The van der Waals surface area contributed by atoms with E-state index in [0.29, 0.717) is 6.71 Å². The second-order valence-corrected chi connectivity index (χ2v) is 15.4. The van der Waals surface area contributed by atoms with Gasteiger partial charge in [-0.05, 0) is 110 Å². The number of anilines is 4. The molecule has 4 unspecified atom stereocenters. The molecule has 0 spiro atoms. The molecular weight excluding hydrogens is 519 g/mol. The molecule has 4 aliphatic heterocycles. The Morgan fingerprint density at radius 2 is 1.14 bits per heavy atom. The van der Waals surface area contributed by atoms with E-state index in [2.05, 4.69) is 93.8 Å². The number of para-hydroxylation sites is 1. The van der Waals surface area contributed by atoms with Gasteiger partial charge >= 0.3 is 0 Å². The van der Waals surface area contributed by atoms with Gasteiger partial charge in [0.25, 0.3) is 6.71 Å². The van der Waals surface area contributed by atoms with E-state index >= 15 is 0 Å². The summed E-state index contributed by atoms with van der Waals surface area (Å²) in [6, 6.07) is 18.0. The molecule has 0 bridgehead atoms. The number of hydrogen-bond acceptors (Lipinski definition) is 2. The highest BCUT2D eigenvalue weighted by Gasteiger charge is 2.67. The van der Waals surface area contributed by atoms with Crippen molar-refractivity contribution in [3.8, 4) is 0 Å². The van der Waals surface area contributed by atoms with Gasteiger partial charge in [-0.1, -0.05) is 89.3 Å². The summed E-state index contributed by atoms with van der Waals surface area (Å²) in [5.74, 6) is 0. The van der Waals surface area contributed by atoms with Gasteiger partial charge in [-0.3, -0.25) is 0 Å². The number of fused-ring (bicyclic) bond motifs is 10. The molecule has 2 aliphatic carbocycles. The Morgan fingerprint density at radius 1 is 0.605 bits per heavy atom. The number of benzene rings is 3. The average Bonchev–Trinajstić information content (AvgIpc) is 3.45. The Labute approximate surface area is 260 Å². The molecule has 2 fully saturated rings. The summed E-state index contributed by atoms with van der Waals surface area (Å²) < 4.78 is 0. The van der Waals surface area contributed by atoms with Gasteiger partial charge in [0.15, 0.2) is 0 Å². The fourth-order valence-corrected chi connectivity index (χ4v) is 12.9. The van der Waals surface area contributed by atoms with E-state index < -0.39 is 0 Å². The zero-order chi connectivity index (χ0) is 29.5. The monoisotopic (exact) mass is 568 g/mol. The largest absolute Gasteiger partial charge is 0.335 e. The zero-order valence-corrected chi connectivity index (χ0v) is 27.5. The first kappa shape index (κ1) is 26.7. The molecule has 0 saturated heterocycles. The van der Waals surface area contributed by atoms with Gasteiger partial charge in [-0.15, -0.1) is 0 Å². The van der Waals surface area contributed by atoms with Gasteiger partial charge in [-0.25, -0.2) is 0 Å². The molecule has 3 aromatic carbocycles. The lowest BCUT2D eigenvalue weighted by Gasteiger charge is -2.57. The normalized spacial score (nSPS) is 32.3. The van der Waals surface area contributed by atoms with Crippen molar-refractivity contribution in [3.05, 3.63) is 64.7 Å². The molecule has 4 heterocycles. The van der Waals surface area contributed by atoms with Crippen LogP contribution in [-0.2, 0) is 10.8 Å². The maximum atomic E-state index is 2.99. The lowest BCUT2D eigenvalue weighted by Crippen LogP contribution is -2.67. The minimum absolute atomic E-state index is 0.158. The van der Waals surface area contributed by atoms with Crippen LogP contribution in [-0.4, -0.2) is 17.8 Å². The maximum absolute atomic E-state index is 2.99. The highest BCUT2D eigenvalue weighted by molar-refractivity contribution is 7.00. The molecule has 0 aromatic heterocycles. The lowest BCUT2D eigenvalue weighted by molar-refractivity contribution is 0.147. The van der Waals surface area contributed by atoms with Gasteiger partial charge in [0.05, 0.1) is 11.1 Å². The molecule has 0 amide bonds. The molecule has 0 N–H and O–H groups in total. The SMILES string of the molecule is CCC12CCCCC1(CC)N1c3cc(C)cc4c3B(c3cccc2c31)c1cc(C)cc2c1N4C1(CC)CCCCC21CC. The van der Waals surface area contributed by atoms with Gasteiger partial charge < -0.3 is 9.80 Å². The van der Waals surface area contributed by atoms with Crippen molar-refractivity contribution in [1.29, 1.82) is 0 Å². The van der Waals surface area contributed by atoms with Crippen molar-refractivity contribution in [2.45, 2.75) is 141 Å². The predicted molar refractivity (Wildman–Crippen MR) is 185 cm³/mol. The predicted octanol–water partition coefficient (Wildman–Crippen LogP) is 8.49. The quantitative estimate of drug-likeness (QED) is 0.291. The van der Waals surface area contributed by atoms with Gasteiger partial charge in [-0.2, -0.15) is 0 Å². The third kappa shape index (κ3) is 2.67. The summed E-state index contributed by atoms with van der Waals surface area (Å²) in [4.78, 5) is 5.96. The van der Waals surface area contributed by atoms with E-state index in [1.54, 1.807) is 50.3 Å². The summed E-state index contributed by atoms with van der Waals surface area (Å²) in [6.07, 6.45) is 15.6. The molecule has 4 atom stereocenters. The van der Waals surface area contributed by atoms with E-state index in [4.69, 9.17) is 0 Å². The Kier molecular flexibility index (Phi) is 5.29. The fraction of sp³-hybridized carbons (Fsp3) is 0.550. The molecule has 9 rings (SSSR count). The van der Waals surface area contributed by atoms with E-state index in [1.807, 2.05) is 0 Å². The molecule has 43 heavy (non-hydrogen) atoms. The summed E-state index contributed by atoms with van der Waals surface area (Å²) in [7, 11) is 0. The Bertz CT molecular complexity index is 1690. The standard InChI is InChI=1S/C40H49BN2/c1-7-37-18-11-13-20-39(37,9-3)42-32-24-27(6)25-33-34(32)41(30-17-15-16-28(37)35(30)42)31-23-26(5)22-29-36(31)43(33)40(10-4)21-14-12-19-38(29,40)8-2/h15-17,22-25H,7-14,18-21H2,1-6H3. The zero-order valence-electron chi connectivity index (χ0n) is 27.5. The Hall–Kier alpha value is -2.68. The second-order valence-electron chi connectivity index (χ2n) is 15.4. The second kappa shape index (κ2) is 8.52. The van der Waals surface area contributed by atoms with Crippen LogP contribution in [0, 0.1) is 13.8 Å². The van der Waals surface area contributed by atoms with Crippen LogP contribution in [0.1, 0.15) is 127 Å². The highest BCUT2D eigenvalue weighted by Crippen LogP contribution is 2.67. The van der Waals surface area contributed by atoms with E-state index in [1.165, 1.54) is 88.2 Å². The topological polar surface area (TPSA) is 6.48 Å². The molecule has 2 nitrogen and oxygen atoms in total. The van der Waals surface area contributed by atoms with Crippen LogP contribution in [0.3, 0.4) is 0 Å². The van der Waals surface area contributed by atoms with Crippen LogP contribution in [0.25, 0.3) is 0 Å². The smallest absolute Gasteiger partial charge is 0.252 e. The van der Waals surface area contributed by atoms with Crippen LogP contribution in [0.15, 0.2) is 42.5 Å². The first-order chi connectivity index (χ1) is 20.9. The first-order valence-corrected chi connectivity index (χ1v) is 17.9. The van der Waals surface area contributed by atoms with Crippen molar-refractivity contribution in [3.63, 3.8) is 0 Å². The van der Waals surface area contributed by atoms with Crippen molar-refractivity contribution in [2.24, 2.45) is 0 Å². The molecule has 0 radical (unpaired) electrons. The molecule has 3 aromatic rings.